The molecule has 0 aliphatic carbocycles. The van der Waals surface area contributed by atoms with Crippen LogP contribution in [0.3, 0.4) is 0 Å². The Kier molecular flexibility index (Phi) is 4.68. The minimum Gasteiger partial charge on any atom is -0.493 e. The topological polar surface area (TPSA) is 34.6 Å². The van der Waals surface area contributed by atoms with Crippen molar-refractivity contribution in [2.24, 2.45) is 0 Å². The van der Waals surface area contributed by atoms with Crippen LogP contribution in [0.4, 0.5) is 0 Å². The van der Waals surface area contributed by atoms with Crippen LogP contribution in [0.1, 0.15) is 12.0 Å². The highest BCUT2D eigenvalue weighted by Gasteiger charge is 2.09. The normalized spacial score (nSPS) is 16.2. The fourth-order valence-corrected chi connectivity index (χ4v) is 2.66. The first-order chi connectivity index (χ1) is 10.3. The molecule has 4 nitrogen and oxygen atoms in total. The molecule has 112 valence electrons. The summed E-state index contributed by atoms with van der Waals surface area (Å²) in [7, 11) is 0. The molecule has 3 rings (SSSR count). The van der Waals surface area contributed by atoms with Crippen LogP contribution in [0.5, 0.6) is 5.75 Å². The Hall–Kier alpha value is -1.65. The molecule has 0 saturated carbocycles. The molecule has 21 heavy (non-hydrogen) atoms. The zero-order chi connectivity index (χ0) is 14.5. The number of morpholine rings is 1. The summed E-state index contributed by atoms with van der Waals surface area (Å²) in [5, 5.41) is 1.19. The number of fused-ring (bicyclic) bond motifs is 1. The van der Waals surface area contributed by atoms with Crippen molar-refractivity contribution in [2.75, 3.05) is 39.5 Å². The first kappa shape index (κ1) is 14.3. The molecule has 2 heterocycles. The van der Waals surface area contributed by atoms with Crippen LogP contribution in [0.15, 0.2) is 30.5 Å². The molecule has 0 bridgehead atoms. The molecule has 1 fully saturated rings. The van der Waals surface area contributed by atoms with Gasteiger partial charge >= 0.3 is 0 Å². The Morgan fingerprint density at radius 1 is 1.24 bits per heavy atom. The lowest BCUT2D eigenvalue weighted by Gasteiger charge is -2.26. The molecule has 0 N–H and O–H groups in total. The minimum atomic E-state index is 0.745. The Labute approximate surface area is 125 Å². The molecule has 4 heteroatoms. The lowest BCUT2D eigenvalue weighted by atomic mass is 10.1. The lowest BCUT2D eigenvalue weighted by Crippen LogP contribution is -2.37. The lowest BCUT2D eigenvalue weighted by molar-refractivity contribution is 0.0358. The van der Waals surface area contributed by atoms with Gasteiger partial charge in [0.25, 0.3) is 0 Å². The summed E-state index contributed by atoms with van der Waals surface area (Å²) in [6, 6.07) is 8.18. The smallest absolute Gasteiger partial charge is 0.121 e. The molecule has 1 aliphatic heterocycles. The van der Waals surface area contributed by atoms with Crippen LogP contribution in [0.2, 0.25) is 0 Å². The van der Waals surface area contributed by atoms with E-state index < -0.39 is 0 Å². The number of aryl methyl sites for hydroxylation is 1. The fourth-order valence-electron chi connectivity index (χ4n) is 2.66. The van der Waals surface area contributed by atoms with Gasteiger partial charge in [-0.3, -0.25) is 9.88 Å². The van der Waals surface area contributed by atoms with Crippen molar-refractivity contribution in [1.82, 2.24) is 9.88 Å². The largest absolute Gasteiger partial charge is 0.493 e. The van der Waals surface area contributed by atoms with E-state index >= 15 is 0 Å². The van der Waals surface area contributed by atoms with Crippen LogP contribution in [-0.4, -0.2) is 49.3 Å². The van der Waals surface area contributed by atoms with Crippen molar-refractivity contribution in [3.8, 4) is 5.75 Å². The van der Waals surface area contributed by atoms with Crippen LogP contribution >= 0.6 is 0 Å². The van der Waals surface area contributed by atoms with Crippen molar-refractivity contribution in [3.05, 3.63) is 36.0 Å². The summed E-state index contributed by atoms with van der Waals surface area (Å²) in [6.45, 7) is 7.72. The van der Waals surface area contributed by atoms with Crippen LogP contribution in [0.25, 0.3) is 10.9 Å². The number of hydrogen-bond acceptors (Lipinski definition) is 4. The fraction of sp³-hybridized carbons (Fsp3) is 0.471. The Morgan fingerprint density at radius 2 is 2.10 bits per heavy atom. The monoisotopic (exact) mass is 286 g/mol. The predicted molar refractivity (Wildman–Crippen MR) is 83.9 cm³/mol. The van der Waals surface area contributed by atoms with Crippen LogP contribution in [-0.2, 0) is 4.74 Å². The highest BCUT2D eigenvalue weighted by Crippen LogP contribution is 2.21. The Balaban J connectivity index is 1.51. The molecule has 0 amide bonds. The van der Waals surface area contributed by atoms with Gasteiger partial charge in [0.15, 0.2) is 0 Å². The summed E-state index contributed by atoms with van der Waals surface area (Å²) < 4.78 is 11.2. The predicted octanol–water partition coefficient (Wildman–Crippen LogP) is 2.64. The molecule has 0 atom stereocenters. The van der Waals surface area contributed by atoms with E-state index in [9.17, 15) is 0 Å². The number of rotatable bonds is 5. The van der Waals surface area contributed by atoms with Gasteiger partial charge in [-0.05, 0) is 37.1 Å². The third-order valence-electron chi connectivity index (χ3n) is 3.92. The summed E-state index contributed by atoms with van der Waals surface area (Å²) >= 11 is 0. The first-order valence-corrected chi connectivity index (χ1v) is 7.61. The number of benzene rings is 1. The quantitative estimate of drug-likeness (QED) is 0.791. The van der Waals surface area contributed by atoms with Gasteiger partial charge in [0, 0.05) is 37.3 Å². The maximum Gasteiger partial charge on any atom is 0.121 e. The summed E-state index contributed by atoms with van der Waals surface area (Å²) in [5.41, 5.74) is 2.25. The third-order valence-corrected chi connectivity index (χ3v) is 3.92. The van der Waals surface area contributed by atoms with Gasteiger partial charge in [-0.15, -0.1) is 0 Å². The number of hydrogen-bond donors (Lipinski definition) is 0. The molecule has 0 unspecified atom stereocenters. The Bertz CT molecular complexity index is 594. The maximum absolute atomic E-state index is 5.85. The highest BCUT2D eigenvalue weighted by molar-refractivity contribution is 5.82. The summed E-state index contributed by atoms with van der Waals surface area (Å²) in [4.78, 5) is 6.83. The molecule has 1 aromatic heterocycles. The molecular weight excluding hydrogens is 264 g/mol. The van der Waals surface area contributed by atoms with E-state index in [1.807, 2.05) is 24.4 Å². The Morgan fingerprint density at radius 3 is 2.95 bits per heavy atom. The van der Waals surface area contributed by atoms with Crippen LogP contribution < -0.4 is 4.74 Å². The second kappa shape index (κ2) is 6.87. The van der Waals surface area contributed by atoms with Crippen molar-refractivity contribution in [2.45, 2.75) is 13.3 Å². The van der Waals surface area contributed by atoms with E-state index in [1.54, 1.807) is 0 Å². The van der Waals surface area contributed by atoms with E-state index in [1.165, 1.54) is 10.9 Å². The number of pyridine rings is 1. The summed E-state index contributed by atoms with van der Waals surface area (Å²) in [6.07, 6.45) is 2.89. The molecule has 0 spiro atoms. The average Bonchev–Trinajstić information content (AvgIpc) is 2.53. The molecule has 0 radical (unpaired) electrons. The molecule has 1 aromatic carbocycles. The summed E-state index contributed by atoms with van der Waals surface area (Å²) in [5.74, 6) is 0.905. The number of nitrogens with zero attached hydrogens (tertiary/aromatic N) is 2. The van der Waals surface area contributed by atoms with Crippen LogP contribution in [0, 0.1) is 6.92 Å². The van der Waals surface area contributed by atoms with Gasteiger partial charge in [0.2, 0.25) is 0 Å². The second-order valence-electron chi connectivity index (χ2n) is 5.46. The van der Waals surface area contributed by atoms with E-state index in [0.29, 0.717) is 0 Å². The third kappa shape index (κ3) is 3.71. The second-order valence-corrected chi connectivity index (χ2v) is 5.46. The van der Waals surface area contributed by atoms with Crippen molar-refractivity contribution in [3.63, 3.8) is 0 Å². The molecular formula is C17H22N2O2. The van der Waals surface area contributed by atoms with Crippen molar-refractivity contribution >= 4 is 10.9 Å². The highest BCUT2D eigenvalue weighted by atomic mass is 16.5. The molecule has 2 aromatic rings. The zero-order valence-electron chi connectivity index (χ0n) is 12.5. The average molecular weight is 286 g/mol. The molecule has 1 saturated heterocycles. The maximum atomic E-state index is 5.85. The van der Waals surface area contributed by atoms with E-state index in [0.717, 1.165) is 57.1 Å². The van der Waals surface area contributed by atoms with Crippen molar-refractivity contribution in [1.29, 1.82) is 0 Å². The van der Waals surface area contributed by atoms with Gasteiger partial charge in [0.05, 0.1) is 25.3 Å². The number of aromatic nitrogens is 1. The van der Waals surface area contributed by atoms with Gasteiger partial charge in [-0.25, -0.2) is 0 Å². The van der Waals surface area contributed by atoms with E-state index in [2.05, 4.69) is 22.9 Å². The first-order valence-electron chi connectivity index (χ1n) is 7.61. The van der Waals surface area contributed by atoms with E-state index in [4.69, 9.17) is 9.47 Å². The number of ether oxygens (including phenoxy) is 2. The SMILES string of the molecule is Cc1ccnc2cc(OCCCN3CCOCC3)ccc12. The van der Waals surface area contributed by atoms with E-state index in [-0.39, 0.29) is 0 Å². The standard InChI is InChI=1S/C17H22N2O2/c1-14-5-6-18-17-13-15(3-4-16(14)17)21-10-2-7-19-8-11-20-12-9-19/h3-6,13H,2,7-12H2,1H3. The van der Waals surface area contributed by atoms with Gasteiger partial charge in [-0.2, -0.15) is 0 Å². The zero-order valence-corrected chi connectivity index (χ0v) is 12.5. The van der Waals surface area contributed by atoms with Crippen molar-refractivity contribution < 1.29 is 9.47 Å². The minimum absolute atomic E-state index is 0.745. The van der Waals surface area contributed by atoms with Gasteiger partial charge in [0.1, 0.15) is 5.75 Å². The molecule has 1 aliphatic rings. The van der Waals surface area contributed by atoms with Gasteiger partial charge < -0.3 is 9.47 Å². The van der Waals surface area contributed by atoms with Gasteiger partial charge in [-0.1, -0.05) is 0 Å².